The first-order chi connectivity index (χ1) is 8.58. The predicted octanol–water partition coefficient (Wildman–Crippen LogP) is 3.88. The lowest BCUT2D eigenvalue weighted by Crippen LogP contribution is -2.00. The van der Waals surface area contributed by atoms with Crippen LogP contribution < -0.4 is 4.74 Å². The van der Waals surface area contributed by atoms with E-state index >= 15 is 0 Å². The first kappa shape index (κ1) is 12.7. The van der Waals surface area contributed by atoms with Gasteiger partial charge in [-0.2, -0.15) is 0 Å². The van der Waals surface area contributed by atoms with Gasteiger partial charge in [0.15, 0.2) is 0 Å². The Labute approximate surface area is 113 Å². The average Bonchev–Trinajstić information content (AvgIpc) is 2.33. The molecule has 0 unspecified atom stereocenters. The average molecular weight is 284 g/mol. The minimum Gasteiger partial charge on any atom is -0.478 e. The van der Waals surface area contributed by atoms with Crippen molar-refractivity contribution in [3.63, 3.8) is 0 Å². The summed E-state index contributed by atoms with van der Waals surface area (Å²) in [4.78, 5) is 14.9. The van der Waals surface area contributed by atoms with Crippen LogP contribution in [-0.4, -0.2) is 16.1 Å². The highest BCUT2D eigenvalue weighted by Crippen LogP contribution is 2.30. The van der Waals surface area contributed by atoms with Gasteiger partial charge in [0.2, 0.25) is 5.88 Å². The second-order valence-corrected chi connectivity index (χ2v) is 4.19. The zero-order valence-electron chi connectivity index (χ0n) is 8.93. The van der Waals surface area contributed by atoms with E-state index < -0.39 is 5.97 Å². The summed E-state index contributed by atoms with van der Waals surface area (Å²) in [6, 6.07) is 7.69. The molecule has 0 atom stereocenters. The molecule has 1 heterocycles. The van der Waals surface area contributed by atoms with Crippen molar-refractivity contribution in [2.24, 2.45) is 0 Å². The zero-order chi connectivity index (χ0) is 13.1. The molecule has 0 amide bonds. The first-order valence-electron chi connectivity index (χ1n) is 4.89. The molecule has 0 aliphatic carbocycles. The fourth-order valence-electron chi connectivity index (χ4n) is 1.31. The summed E-state index contributed by atoms with van der Waals surface area (Å²) < 4.78 is 5.37. The molecule has 92 valence electrons. The third-order valence-electron chi connectivity index (χ3n) is 2.10. The number of nitrogens with zero attached hydrogens (tertiary/aromatic N) is 1. The van der Waals surface area contributed by atoms with Crippen LogP contribution in [0, 0.1) is 0 Å². The van der Waals surface area contributed by atoms with Gasteiger partial charge in [0, 0.05) is 6.20 Å². The van der Waals surface area contributed by atoms with Gasteiger partial charge in [0.05, 0.1) is 5.02 Å². The van der Waals surface area contributed by atoms with Crippen molar-refractivity contribution in [1.82, 2.24) is 4.98 Å². The third-order valence-corrected chi connectivity index (χ3v) is 2.58. The van der Waals surface area contributed by atoms with Crippen LogP contribution in [0.5, 0.6) is 11.6 Å². The number of ether oxygens (including phenoxy) is 1. The number of carboxylic acids is 1. The van der Waals surface area contributed by atoms with Crippen molar-refractivity contribution >= 4 is 29.2 Å². The molecule has 0 spiro atoms. The van der Waals surface area contributed by atoms with Gasteiger partial charge >= 0.3 is 5.97 Å². The van der Waals surface area contributed by atoms with Crippen molar-refractivity contribution in [3.05, 3.63) is 52.1 Å². The molecule has 0 saturated heterocycles. The van der Waals surface area contributed by atoms with E-state index in [2.05, 4.69) is 4.98 Å². The normalized spacial score (nSPS) is 10.1. The molecule has 0 aliphatic rings. The predicted molar refractivity (Wildman–Crippen MR) is 67.7 cm³/mol. The van der Waals surface area contributed by atoms with Gasteiger partial charge in [0.1, 0.15) is 16.3 Å². The maximum Gasteiger partial charge on any atom is 0.339 e. The van der Waals surface area contributed by atoms with E-state index in [9.17, 15) is 4.79 Å². The summed E-state index contributed by atoms with van der Waals surface area (Å²) in [7, 11) is 0. The lowest BCUT2D eigenvalue weighted by Gasteiger charge is -2.08. The first-order valence-corrected chi connectivity index (χ1v) is 5.65. The number of rotatable bonds is 3. The van der Waals surface area contributed by atoms with Crippen LogP contribution in [0.25, 0.3) is 0 Å². The molecule has 0 aliphatic heterocycles. The van der Waals surface area contributed by atoms with E-state index in [4.69, 9.17) is 33.0 Å². The Morgan fingerprint density at radius 2 is 2.00 bits per heavy atom. The monoisotopic (exact) mass is 283 g/mol. The molecule has 0 radical (unpaired) electrons. The summed E-state index contributed by atoms with van der Waals surface area (Å²) in [6.07, 6.45) is 1.37. The smallest absolute Gasteiger partial charge is 0.339 e. The molecule has 2 aromatic rings. The van der Waals surface area contributed by atoms with Gasteiger partial charge in [0.25, 0.3) is 0 Å². The topological polar surface area (TPSA) is 59.4 Å². The number of aromatic carboxylic acids is 1. The molecule has 18 heavy (non-hydrogen) atoms. The molecule has 1 N–H and O–H groups in total. The molecule has 1 aromatic carbocycles. The van der Waals surface area contributed by atoms with Crippen molar-refractivity contribution in [2.75, 3.05) is 0 Å². The highest BCUT2D eigenvalue weighted by atomic mass is 35.5. The zero-order valence-corrected chi connectivity index (χ0v) is 10.4. The number of hydrogen-bond acceptors (Lipinski definition) is 3. The molecule has 4 nitrogen and oxygen atoms in total. The lowest BCUT2D eigenvalue weighted by molar-refractivity contribution is 0.0694. The number of pyridine rings is 1. The Morgan fingerprint density at radius 3 is 2.67 bits per heavy atom. The standard InChI is InChI=1S/C12H7Cl2NO3/c13-7-5-9(14)11(15-6-7)18-10-4-2-1-3-8(10)12(16)17/h1-6H,(H,16,17). The summed E-state index contributed by atoms with van der Waals surface area (Å²) in [5, 5.41) is 9.59. The maximum absolute atomic E-state index is 11.0. The number of carboxylic acid groups (broad SMARTS) is 1. The molecule has 1 aromatic heterocycles. The molecule has 0 fully saturated rings. The molecular formula is C12H7Cl2NO3. The Bertz CT molecular complexity index is 602. The van der Waals surface area contributed by atoms with Gasteiger partial charge in [-0.15, -0.1) is 0 Å². The van der Waals surface area contributed by atoms with E-state index in [1.54, 1.807) is 12.1 Å². The maximum atomic E-state index is 11.0. The van der Waals surface area contributed by atoms with E-state index in [1.165, 1.54) is 24.4 Å². The van der Waals surface area contributed by atoms with Crippen LogP contribution in [0.2, 0.25) is 10.0 Å². The SMILES string of the molecule is O=C(O)c1ccccc1Oc1ncc(Cl)cc1Cl. The fraction of sp³-hybridized carbons (Fsp3) is 0. The van der Waals surface area contributed by atoms with Crippen LogP contribution >= 0.6 is 23.2 Å². The van der Waals surface area contributed by atoms with Gasteiger partial charge in [-0.25, -0.2) is 9.78 Å². The largest absolute Gasteiger partial charge is 0.478 e. The highest BCUT2D eigenvalue weighted by Gasteiger charge is 2.13. The Morgan fingerprint density at radius 1 is 1.28 bits per heavy atom. The Hall–Kier alpha value is -1.78. The number of benzene rings is 1. The third kappa shape index (κ3) is 2.72. The van der Waals surface area contributed by atoms with Crippen LogP contribution in [0.1, 0.15) is 10.4 Å². The van der Waals surface area contributed by atoms with Crippen molar-refractivity contribution in [3.8, 4) is 11.6 Å². The number of hydrogen-bond donors (Lipinski definition) is 1. The molecule has 6 heteroatoms. The van der Waals surface area contributed by atoms with Gasteiger partial charge in [-0.1, -0.05) is 35.3 Å². The van der Waals surface area contributed by atoms with E-state index in [-0.39, 0.29) is 22.2 Å². The molecular weight excluding hydrogens is 277 g/mol. The summed E-state index contributed by atoms with van der Waals surface area (Å²) in [5.74, 6) is -0.813. The minimum atomic E-state index is -1.09. The minimum absolute atomic E-state index is 0.0327. The second-order valence-electron chi connectivity index (χ2n) is 3.34. The van der Waals surface area contributed by atoms with Gasteiger partial charge in [-0.3, -0.25) is 0 Å². The number of aromatic nitrogens is 1. The van der Waals surface area contributed by atoms with Crippen LogP contribution in [0.3, 0.4) is 0 Å². The molecule has 0 saturated carbocycles. The van der Waals surface area contributed by atoms with Crippen molar-refractivity contribution < 1.29 is 14.6 Å². The summed E-state index contributed by atoms with van der Waals surface area (Å²) >= 11 is 11.6. The van der Waals surface area contributed by atoms with E-state index in [1.807, 2.05) is 0 Å². The number of halogens is 2. The fourth-order valence-corrected chi connectivity index (χ4v) is 1.73. The van der Waals surface area contributed by atoms with Crippen LogP contribution in [0.15, 0.2) is 36.5 Å². The summed E-state index contributed by atoms with van der Waals surface area (Å²) in [5.41, 5.74) is 0.0327. The van der Waals surface area contributed by atoms with E-state index in [0.29, 0.717) is 5.02 Å². The Balaban J connectivity index is 2.37. The lowest BCUT2D eigenvalue weighted by atomic mass is 10.2. The quantitative estimate of drug-likeness (QED) is 0.929. The van der Waals surface area contributed by atoms with Crippen molar-refractivity contribution in [1.29, 1.82) is 0 Å². The number of carbonyl (C=O) groups is 1. The Kier molecular flexibility index (Phi) is 3.69. The van der Waals surface area contributed by atoms with Crippen LogP contribution in [0.4, 0.5) is 0 Å². The molecule has 2 rings (SSSR count). The molecule has 0 bridgehead atoms. The highest BCUT2D eigenvalue weighted by molar-refractivity contribution is 6.35. The van der Waals surface area contributed by atoms with Gasteiger partial charge in [-0.05, 0) is 18.2 Å². The van der Waals surface area contributed by atoms with Crippen molar-refractivity contribution in [2.45, 2.75) is 0 Å². The van der Waals surface area contributed by atoms with Gasteiger partial charge < -0.3 is 9.84 Å². The van der Waals surface area contributed by atoms with E-state index in [0.717, 1.165) is 0 Å². The second kappa shape index (κ2) is 5.25. The summed E-state index contributed by atoms with van der Waals surface area (Å²) in [6.45, 7) is 0. The van der Waals surface area contributed by atoms with Crippen LogP contribution in [-0.2, 0) is 0 Å². The number of para-hydroxylation sites is 1.